The number of fused-ring (bicyclic) bond motifs is 5. The van der Waals surface area contributed by atoms with E-state index in [0.29, 0.717) is 17.5 Å². The summed E-state index contributed by atoms with van der Waals surface area (Å²) in [6.07, 6.45) is 1.75. The van der Waals surface area contributed by atoms with Crippen molar-refractivity contribution >= 4 is 61.3 Å². The van der Waals surface area contributed by atoms with Gasteiger partial charge in [-0.05, 0) is 120 Å². The van der Waals surface area contributed by atoms with Gasteiger partial charge in [0.1, 0.15) is 16.6 Å². The molecule has 0 N–H and O–H groups in total. The number of anilines is 3. The van der Waals surface area contributed by atoms with Gasteiger partial charge in [-0.2, -0.15) is 0 Å². The van der Waals surface area contributed by atoms with Gasteiger partial charge >= 0.3 is 0 Å². The highest BCUT2D eigenvalue weighted by Crippen LogP contribution is 2.39. The maximum absolute atomic E-state index is 6.07. The fourth-order valence-electron chi connectivity index (χ4n) is 6.54. The standard InChI is InChI=1S/C43H26N4O3/c1-3-9-38-36(7-1)45-41(48-38)28-13-20-32(21-14-28)47(33-22-15-29(16-23-33)42-46-37-8-2-4-10-39(37)49-42)31-18-11-27(12-19-31)30-17-24-34-35-6-5-25-44-43(35)50-40(34)26-30/h1-26H. The van der Waals surface area contributed by atoms with Gasteiger partial charge in [0, 0.05) is 45.2 Å². The largest absolute Gasteiger partial charge is 0.438 e. The molecule has 0 saturated carbocycles. The summed E-state index contributed by atoms with van der Waals surface area (Å²) in [7, 11) is 0. The number of aromatic nitrogens is 3. The Balaban J connectivity index is 1.02. The summed E-state index contributed by atoms with van der Waals surface area (Å²) in [4.78, 5) is 16.0. The summed E-state index contributed by atoms with van der Waals surface area (Å²) in [6, 6.07) is 51.0. The molecule has 0 radical (unpaired) electrons. The average Bonchev–Trinajstić information content (AvgIpc) is 3.91. The van der Waals surface area contributed by atoms with E-state index in [1.54, 1.807) is 6.20 Å². The molecule has 10 rings (SSSR count). The Morgan fingerprint density at radius 2 is 0.920 bits per heavy atom. The number of pyridine rings is 1. The van der Waals surface area contributed by atoms with Crippen LogP contribution in [0.4, 0.5) is 17.1 Å². The van der Waals surface area contributed by atoms with Crippen LogP contribution >= 0.6 is 0 Å². The second-order valence-electron chi connectivity index (χ2n) is 12.1. The minimum Gasteiger partial charge on any atom is -0.438 e. The zero-order valence-electron chi connectivity index (χ0n) is 26.5. The van der Waals surface area contributed by atoms with Crippen LogP contribution in [-0.4, -0.2) is 15.0 Å². The fourth-order valence-corrected chi connectivity index (χ4v) is 6.54. The number of rotatable bonds is 6. The molecule has 7 nitrogen and oxygen atoms in total. The molecule has 0 atom stereocenters. The molecule has 10 aromatic rings. The van der Waals surface area contributed by atoms with Crippen molar-refractivity contribution in [2.75, 3.05) is 4.90 Å². The molecule has 4 aromatic heterocycles. The molecule has 0 saturated heterocycles. The van der Waals surface area contributed by atoms with Crippen LogP contribution in [0.15, 0.2) is 171 Å². The van der Waals surface area contributed by atoms with E-state index in [4.69, 9.17) is 23.2 Å². The molecule has 0 amide bonds. The Morgan fingerprint density at radius 3 is 1.48 bits per heavy atom. The van der Waals surface area contributed by atoms with Crippen LogP contribution in [0, 0.1) is 0 Å². The third-order valence-corrected chi connectivity index (χ3v) is 9.04. The van der Waals surface area contributed by atoms with E-state index < -0.39 is 0 Å². The SMILES string of the molecule is c1ccc2oc(-c3ccc(N(c4ccc(-c5ccc6c(c5)oc5ncccc56)cc4)c4ccc(-c5nc6ccccc6o5)cc4)cc3)nc2c1. The van der Waals surface area contributed by atoms with Gasteiger partial charge < -0.3 is 18.2 Å². The first-order valence-corrected chi connectivity index (χ1v) is 16.3. The van der Waals surface area contributed by atoms with Gasteiger partial charge in [0.05, 0.1) is 0 Å². The molecule has 0 aliphatic rings. The summed E-state index contributed by atoms with van der Waals surface area (Å²) < 4.78 is 18.2. The van der Waals surface area contributed by atoms with Gasteiger partial charge in [0.25, 0.3) is 0 Å². The Bertz CT molecular complexity index is 2630. The first-order chi connectivity index (χ1) is 24.7. The van der Waals surface area contributed by atoms with E-state index in [2.05, 4.69) is 76.6 Å². The maximum atomic E-state index is 6.07. The highest BCUT2D eigenvalue weighted by Gasteiger charge is 2.17. The molecule has 50 heavy (non-hydrogen) atoms. The van der Waals surface area contributed by atoms with Crippen LogP contribution in [0.2, 0.25) is 0 Å². The van der Waals surface area contributed by atoms with Gasteiger partial charge in [-0.1, -0.05) is 42.5 Å². The highest BCUT2D eigenvalue weighted by molar-refractivity contribution is 6.04. The second-order valence-corrected chi connectivity index (χ2v) is 12.1. The van der Waals surface area contributed by atoms with Crippen LogP contribution in [0.5, 0.6) is 0 Å². The molecule has 6 aromatic carbocycles. The van der Waals surface area contributed by atoms with Crippen molar-refractivity contribution in [3.8, 4) is 34.0 Å². The van der Waals surface area contributed by atoms with Gasteiger partial charge in [-0.3, -0.25) is 0 Å². The number of benzene rings is 6. The highest BCUT2D eigenvalue weighted by atomic mass is 16.4. The zero-order chi connectivity index (χ0) is 33.0. The van der Waals surface area contributed by atoms with Crippen LogP contribution in [-0.2, 0) is 0 Å². The van der Waals surface area contributed by atoms with Gasteiger partial charge in [0.2, 0.25) is 17.5 Å². The minimum atomic E-state index is 0.591. The number of furan rings is 1. The smallest absolute Gasteiger partial charge is 0.227 e. The first kappa shape index (κ1) is 28.1. The van der Waals surface area contributed by atoms with Gasteiger partial charge in [0.15, 0.2) is 11.2 Å². The molecular formula is C43H26N4O3. The van der Waals surface area contributed by atoms with E-state index in [-0.39, 0.29) is 0 Å². The van der Waals surface area contributed by atoms with Crippen molar-refractivity contribution in [3.05, 3.63) is 158 Å². The Hall–Kier alpha value is -6.99. The maximum Gasteiger partial charge on any atom is 0.227 e. The van der Waals surface area contributed by atoms with Crippen molar-refractivity contribution in [1.29, 1.82) is 0 Å². The third-order valence-electron chi connectivity index (χ3n) is 9.04. The van der Waals surface area contributed by atoms with Crippen molar-refractivity contribution in [3.63, 3.8) is 0 Å². The van der Waals surface area contributed by atoms with E-state index >= 15 is 0 Å². The zero-order valence-corrected chi connectivity index (χ0v) is 26.5. The number of hydrogen-bond acceptors (Lipinski definition) is 7. The molecule has 236 valence electrons. The van der Waals surface area contributed by atoms with E-state index in [1.165, 1.54) is 0 Å². The van der Waals surface area contributed by atoms with Crippen LogP contribution in [0.25, 0.3) is 78.3 Å². The molecule has 4 heterocycles. The monoisotopic (exact) mass is 646 g/mol. The number of oxazole rings is 2. The summed E-state index contributed by atoms with van der Waals surface area (Å²) in [5.41, 5.74) is 11.6. The molecule has 0 unspecified atom stereocenters. The van der Waals surface area contributed by atoms with Crippen molar-refractivity contribution in [2.24, 2.45) is 0 Å². The molecule has 0 fully saturated rings. The third kappa shape index (κ3) is 4.79. The summed E-state index contributed by atoms with van der Waals surface area (Å²) in [6.45, 7) is 0. The second kappa shape index (κ2) is 11.3. The lowest BCUT2D eigenvalue weighted by molar-refractivity contribution is 0.619. The Morgan fingerprint density at radius 1 is 0.400 bits per heavy atom. The van der Waals surface area contributed by atoms with E-state index in [1.807, 2.05) is 84.9 Å². The normalized spacial score (nSPS) is 11.6. The van der Waals surface area contributed by atoms with E-state index in [0.717, 1.165) is 77.9 Å². The fraction of sp³-hybridized carbons (Fsp3) is 0. The Labute approximate surface area is 285 Å². The van der Waals surface area contributed by atoms with Gasteiger partial charge in [-0.25, -0.2) is 15.0 Å². The predicted octanol–water partition coefficient (Wildman–Crippen LogP) is 11.7. The summed E-state index contributed by atoms with van der Waals surface area (Å²) in [5.74, 6) is 1.18. The molecule has 0 aliphatic carbocycles. The van der Waals surface area contributed by atoms with Crippen LogP contribution < -0.4 is 4.90 Å². The number of para-hydroxylation sites is 4. The van der Waals surface area contributed by atoms with E-state index in [9.17, 15) is 0 Å². The topological polar surface area (TPSA) is 81.3 Å². The first-order valence-electron chi connectivity index (χ1n) is 16.3. The molecule has 0 spiro atoms. The quantitative estimate of drug-likeness (QED) is 0.178. The van der Waals surface area contributed by atoms with Crippen molar-refractivity contribution in [2.45, 2.75) is 0 Å². The number of hydrogen-bond donors (Lipinski definition) is 0. The average molecular weight is 647 g/mol. The van der Waals surface area contributed by atoms with Crippen LogP contribution in [0.1, 0.15) is 0 Å². The van der Waals surface area contributed by atoms with Gasteiger partial charge in [-0.15, -0.1) is 0 Å². The number of nitrogens with zero attached hydrogens (tertiary/aromatic N) is 4. The summed E-state index contributed by atoms with van der Waals surface area (Å²) in [5, 5.41) is 2.08. The summed E-state index contributed by atoms with van der Waals surface area (Å²) >= 11 is 0. The van der Waals surface area contributed by atoms with Crippen molar-refractivity contribution < 1.29 is 13.3 Å². The molecule has 0 aliphatic heterocycles. The lowest BCUT2D eigenvalue weighted by Gasteiger charge is -2.26. The van der Waals surface area contributed by atoms with Crippen molar-refractivity contribution in [1.82, 2.24) is 15.0 Å². The van der Waals surface area contributed by atoms with Crippen LogP contribution in [0.3, 0.4) is 0 Å². The lowest BCUT2D eigenvalue weighted by Crippen LogP contribution is -2.09. The molecule has 7 heteroatoms. The minimum absolute atomic E-state index is 0.591. The predicted molar refractivity (Wildman–Crippen MR) is 198 cm³/mol. The molecular weight excluding hydrogens is 620 g/mol. The lowest BCUT2D eigenvalue weighted by atomic mass is 10.0. The Kier molecular flexibility index (Phi) is 6.35. The molecule has 0 bridgehead atoms.